The summed E-state index contributed by atoms with van der Waals surface area (Å²) in [5.41, 5.74) is 0. The molecule has 0 saturated carbocycles. The van der Waals surface area contributed by atoms with E-state index in [0.29, 0.717) is 0 Å². The highest BCUT2D eigenvalue weighted by Gasteiger charge is 2.26. The third kappa shape index (κ3) is 9.49. The summed E-state index contributed by atoms with van der Waals surface area (Å²) in [7, 11) is 0. The number of carbonyl (C=O) groups excluding carboxylic acids is 3. The van der Waals surface area contributed by atoms with E-state index in [-0.39, 0.29) is 37.8 Å². The molecule has 0 aromatic rings. The Morgan fingerprint density at radius 2 is 1.65 bits per heavy atom. The van der Waals surface area contributed by atoms with Crippen LogP contribution in [-0.4, -0.2) is 48.1 Å². The number of ether oxygens (including phenoxy) is 1. The molecule has 8 nitrogen and oxygen atoms in total. The minimum atomic E-state index is -1.19. The zero-order chi connectivity index (χ0) is 18.0. The maximum absolute atomic E-state index is 11.9. The van der Waals surface area contributed by atoms with E-state index in [9.17, 15) is 19.2 Å². The third-order valence-corrected chi connectivity index (χ3v) is 2.99. The lowest BCUT2D eigenvalue weighted by molar-refractivity contribution is -0.167. The van der Waals surface area contributed by atoms with Crippen molar-refractivity contribution in [1.29, 1.82) is 0 Å². The van der Waals surface area contributed by atoms with Crippen LogP contribution < -0.4 is 10.6 Å². The first-order valence-corrected chi connectivity index (χ1v) is 7.64. The molecular formula is C15H26N2O6. The predicted octanol–water partition coefficient (Wildman–Crippen LogP) is 0.307. The highest BCUT2D eigenvalue weighted by Crippen LogP contribution is 2.11. The lowest BCUT2D eigenvalue weighted by atomic mass is 10.1. The van der Waals surface area contributed by atoms with Gasteiger partial charge in [0.05, 0.1) is 12.5 Å². The molecule has 0 aliphatic carbocycles. The van der Waals surface area contributed by atoms with Gasteiger partial charge in [-0.2, -0.15) is 0 Å². The van der Waals surface area contributed by atoms with Gasteiger partial charge in [-0.3, -0.25) is 14.4 Å². The SMILES string of the molecule is CCC(=O)NCC(=O)NCC(C)C(=O)OC(CC(C)C)C(=O)O. The van der Waals surface area contributed by atoms with E-state index < -0.39 is 29.9 Å². The predicted molar refractivity (Wildman–Crippen MR) is 82.4 cm³/mol. The molecule has 132 valence electrons. The van der Waals surface area contributed by atoms with Crippen molar-refractivity contribution in [2.75, 3.05) is 13.1 Å². The minimum Gasteiger partial charge on any atom is -0.479 e. The Balaban J connectivity index is 4.25. The number of rotatable bonds is 10. The Hall–Kier alpha value is -2.12. The second kappa shape index (κ2) is 10.6. The van der Waals surface area contributed by atoms with Gasteiger partial charge >= 0.3 is 11.9 Å². The number of amides is 2. The quantitative estimate of drug-likeness (QED) is 0.496. The van der Waals surface area contributed by atoms with Crippen molar-refractivity contribution in [3.63, 3.8) is 0 Å². The van der Waals surface area contributed by atoms with E-state index in [2.05, 4.69) is 10.6 Å². The molecule has 0 rings (SSSR count). The lowest BCUT2D eigenvalue weighted by Crippen LogP contribution is -2.40. The Kier molecular flexibility index (Phi) is 9.60. The summed E-state index contributed by atoms with van der Waals surface area (Å²) in [5, 5.41) is 13.9. The van der Waals surface area contributed by atoms with Crippen molar-refractivity contribution in [2.45, 2.75) is 46.6 Å². The van der Waals surface area contributed by atoms with Crippen LogP contribution in [0.2, 0.25) is 0 Å². The summed E-state index contributed by atoms with van der Waals surface area (Å²) in [6, 6.07) is 0. The van der Waals surface area contributed by atoms with Gasteiger partial charge < -0.3 is 20.5 Å². The number of hydrogen-bond donors (Lipinski definition) is 3. The number of aliphatic carboxylic acids is 1. The molecule has 0 bridgehead atoms. The second-order valence-corrected chi connectivity index (χ2v) is 5.73. The van der Waals surface area contributed by atoms with Crippen LogP contribution in [-0.2, 0) is 23.9 Å². The molecule has 0 aromatic heterocycles. The van der Waals surface area contributed by atoms with Crippen molar-refractivity contribution in [2.24, 2.45) is 11.8 Å². The average molecular weight is 330 g/mol. The summed E-state index contributed by atoms with van der Waals surface area (Å²) in [6.07, 6.45) is -0.685. The van der Waals surface area contributed by atoms with Crippen LogP contribution in [0.15, 0.2) is 0 Å². The minimum absolute atomic E-state index is 0.00762. The molecule has 0 aromatic carbocycles. The molecular weight excluding hydrogens is 304 g/mol. The summed E-state index contributed by atoms with van der Waals surface area (Å²) in [5.74, 6) is -3.16. The molecule has 0 fully saturated rings. The Morgan fingerprint density at radius 3 is 2.13 bits per heavy atom. The largest absolute Gasteiger partial charge is 0.479 e. The Morgan fingerprint density at radius 1 is 1.04 bits per heavy atom. The van der Waals surface area contributed by atoms with Crippen molar-refractivity contribution in [1.82, 2.24) is 10.6 Å². The van der Waals surface area contributed by atoms with Crippen LogP contribution >= 0.6 is 0 Å². The zero-order valence-electron chi connectivity index (χ0n) is 14.0. The fraction of sp³-hybridized carbons (Fsp3) is 0.733. The standard InChI is InChI=1S/C15H26N2O6/c1-5-12(18)17-8-13(19)16-7-10(4)15(22)23-11(14(20)21)6-9(2)3/h9-11H,5-8H2,1-4H3,(H,16,19)(H,17,18)(H,20,21). The third-order valence-electron chi connectivity index (χ3n) is 2.99. The van der Waals surface area contributed by atoms with E-state index in [1.165, 1.54) is 6.92 Å². The van der Waals surface area contributed by atoms with Gasteiger partial charge in [0.2, 0.25) is 11.8 Å². The maximum atomic E-state index is 11.9. The summed E-state index contributed by atoms with van der Waals surface area (Å²) in [6.45, 7) is 6.70. The van der Waals surface area contributed by atoms with E-state index in [0.717, 1.165) is 0 Å². The average Bonchev–Trinajstić information content (AvgIpc) is 2.48. The van der Waals surface area contributed by atoms with Gasteiger partial charge in [0.15, 0.2) is 6.10 Å². The summed E-state index contributed by atoms with van der Waals surface area (Å²) in [4.78, 5) is 45.4. The van der Waals surface area contributed by atoms with Crippen molar-refractivity contribution < 1.29 is 29.0 Å². The monoisotopic (exact) mass is 330 g/mol. The maximum Gasteiger partial charge on any atom is 0.345 e. The van der Waals surface area contributed by atoms with E-state index in [1.54, 1.807) is 6.92 Å². The molecule has 2 amide bonds. The number of carboxylic acids is 1. The number of nitrogens with one attached hydrogen (secondary N) is 2. The van der Waals surface area contributed by atoms with E-state index in [4.69, 9.17) is 9.84 Å². The normalized spacial score (nSPS) is 13.1. The van der Waals surface area contributed by atoms with Crippen LogP contribution in [0.1, 0.15) is 40.5 Å². The van der Waals surface area contributed by atoms with Crippen molar-refractivity contribution in [3.05, 3.63) is 0 Å². The smallest absolute Gasteiger partial charge is 0.345 e. The van der Waals surface area contributed by atoms with Crippen LogP contribution in [0.3, 0.4) is 0 Å². The molecule has 0 saturated heterocycles. The number of esters is 1. The molecule has 3 N–H and O–H groups in total. The number of hydrogen-bond acceptors (Lipinski definition) is 5. The zero-order valence-corrected chi connectivity index (χ0v) is 14.0. The first kappa shape index (κ1) is 20.9. The molecule has 0 aliphatic rings. The molecule has 2 unspecified atom stereocenters. The molecule has 0 aliphatic heterocycles. The number of carbonyl (C=O) groups is 4. The van der Waals surface area contributed by atoms with Gasteiger partial charge in [-0.25, -0.2) is 4.79 Å². The molecule has 0 radical (unpaired) electrons. The van der Waals surface area contributed by atoms with Gasteiger partial charge in [-0.15, -0.1) is 0 Å². The van der Waals surface area contributed by atoms with E-state index in [1.807, 2.05) is 13.8 Å². The molecule has 0 spiro atoms. The van der Waals surface area contributed by atoms with Gasteiger partial charge in [0, 0.05) is 13.0 Å². The second-order valence-electron chi connectivity index (χ2n) is 5.73. The van der Waals surface area contributed by atoms with Gasteiger partial charge in [0.1, 0.15) is 0 Å². The molecule has 2 atom stereocenters. The fourth-order valence-electron chi connectivity index (χ4n) is 1.60. The van der Waals surface area contributed by atoms with Crippen molar-refractivity contribution >= 4 is 23.8 Å². The first-order chi connectivity index (χ1) is 10.7. The Bertz CT molecular complexity index is 436. The summed E-state index contributed by atoms with van der Waals surface area (Å²) >= 11 is 0. The van der Waals surface area contributed by atoms with Crippen LogP contribution in [0, 0.1) is 11.8 Å². The molecule has 23 heavy (non-hydrogen) atoms. The lowest BCUT2D eigenvalue weighted by Gasteiger charge is -2.18. The summed E-state index contributed by atoms with van der Waals surface area (Å²) < 4.78 is 4.97. The van der Waals surface area contributed by atoms with Crippen LogP contribution in [0.4, 0.5) is 0 Å². The van der Waals surface area contributed by atoms with Gasteiger partial charge in [0.25, 0.3) is 0 Å². The van der Waals surface area contributed by atoms with Gasteiger partial charge in [-0.1, -0.05) is 27.7 Å². The highest BCUT2D eigenvalue weighted by atomic mass is 16.6. The van der Waals surface area contributed by atoms with Crippen molar-refractivity contribution in [3.8, 4) is 0 Å². The Labute approximate surface area is 136 Å². The first-order valence-electron chi connectivity index (χ1n) is 7.64. The molecule has 8 heteroatoms. The highest BCUT2D eigenvalue weighted by molar-refractivity contribution is 5.85. The van der Waals surface area contributed by atoms with E-state index >= 15 is 0 Å². The fourth-order valence-corrected chi connectivity index (χ4v) is 1.60. The molecule has 0 heterocycles. The van der Waals surface area contributed by atoms with Gasteiger partial charge in [-0.05, 0) is 12.3 Å². The number of carboxylic acid groups (broad SMARTS) is 1. The van der Waals surface area contributed by atoms with Crippen LogP contribution in [0.5, 0.6) is 0 Å². The topological polar surface area (TPSA) is 122 Å². The van der Waals surface area contributed by atoms with Crippen LogP contribution in [0.25, 0.3) is 0 Å².